The van der Waals surface area contributed by atoms with E-state index in [1.807, 2.05) is 27.7 Å². The van der Waals surface area contributed by atoms with Crippen molar-refractivity contribution in [2.24, 2.45) is 11.8 Å². The van der Waals surface area contributed by atoms with Gasteiger partial charge in [-0.1, -0.05) is 20.8 Å². The lowest BCUT2D eigenvalue weighted by Gasteiger charge is -2.24. The summed E-state index contributed by atoms with van der Waals surface area (Å²) in [4.78, 5) is 11.5. The highest BCUT2D eigenvalue weighted by atomic mass is 16.2. The molecule has 72 valence electrons. The standard InChI is InChI=1S/C10H21NO/c1-7(2)8(3)9(12)11-10(4,5)6/h7-8H,1-6H3,(H,11,12)/t8-/m1/s1. The molecule has 0 saturated heterocycles. The van der Waals surface area contributed by atoms with Gasteiger partial charge in [-0.2, -0.15) is 0 Å². The summed E-state index contributed by atoms with van der Waals surface area (Å²) in [5, 5.41) is 2.96. The average molecular weight is 171 g/mol. The van der Waals surface area contributed by atoms with E-state index in [1.54, 1.807) is 0 Å². The monoisotopic (exact) mass is 171 g/mol. The van der Waals surface area contributed by atoms with Crippen molar-refractivity contribution in [2.75, 3.05) is 0 Å². The van der Waals surface area contributed by atoms with Crippen molar-refractivity contribution in [2.45, 2.75) is 47.1 Å². The molecule has 0 heterocycles. The Morgan fingerprint density at radius 2 is 1.58 bits per heavy atom. The van der Waals surface area contributed by atoms with Crippen LogP contribution < -0.4 is 5.32 Å². The van der Waals surface area contributed by atoms with Gasteiger partial charge in [0.05, 0.1) is 0 Å². The number of carbonyl (C=O) groups is 1. The molecule has 0 bridgehead atoms. The fourth-order valence-corrected chi connectivity index (χ4v) is 0.786. The number of hydrogen-bond donors (Lipinski definition) is 1. The number of hydrogen-bond acceptors (Lipinski definition) is 1. The molecule has 12 heavy (non-hydrogen) atoms. The summed E-state index contributed by atoms with van der Waals surface area (Å²) in [6, 6.07) is 0. The minimum absolute atomic E-state index is 0.101. The second kappa shape index (κ2) is 3.92. The van der Waals surface area contributed by atoms with Gasteiger partial charge in [-0.3, -0.25) is 4.79 Å². The summed E-state index contributed by atoms with van der Waals surface area (Å²) in [7, 11) is 0. The van der Waals surface area contributed by atoms with E-state index >= 15 is 0 Å². The third kappa shape index (κ3) is 4.37. The number of rotatable bonds is 2. The van der Waals surface area contributed by atoms with Gasteiger partial charge < -0.3 is 5.32 Å². The minimum atomic E-state index is -0.111. The Labute approximate surface area is 75.7 Å². The first-order valence-electron chi connectivity index (χ1n) is 4.56. The number of nitrogens with one attached hydrogen (secondary N) is 1. The van der Waals surface area contributed by atoms with Gasteiger partial charge in [0.25, 0.3) is 0 Å². The molecule has 0 spiro atoms. The fourth-order valence-electron chi connectivity index (χ4n) is 0.786. The molecule has 0 radical (unpaired) electrons. The van der Waals surface area contributed by atoms with Gasteiger partial charge in [-0.15, -0.1) is 0 Å². The Bertz CT molecular complexity index is 156. The maximum Gasteiger partial charge on any atom is 0.223 e. The summed E-state index contributed by atoms with van der Waals surface area (Å²) >= 11 is 0. The van der Waals surface area contributed by atoms with Crippen molar-refractivity contribution in [3.8, 4) is 0 Å². The van der Waals surface area contributed by atoms with Crippen LogP contribution in [0.25, 0.3) is 0 Å². The zero-order chi connectivity index (χ0) is 9.94. The SMILES string of the molecule is CC(C)[C@@H](C)C(=O)NC(C)(C)C. The Morgan fingerprint density at radius 3 is 1.83 bits per heavy atom. The molecule has 0 unspecified atom stereocenters. The molecule has 1 amide bonds. The summed E-state index contributed by atoms with van der Waals surface area (Å²) in [6.45, 7) is 12.1. The summed E-state index contributed by atoms with van der Waals surface area (Å²) in [5.41, 5.74) is -0.111. The molecule has 1 N–H and O–H groups in total. The van der Waals surface area contributed by atoms with E-state index in [4.69, 9.17) is 0 Å². The van der Waals surface area contributed by atoms with Gasteiger partial charge in [-0.05, 0) is 26.7 Å². The smallest absolute Gasteiger partial charge is 0.223 e. The van der Waals surface area contributed by atoms with Crippen molar-refractivity contribution >= 4 is 5.91 Å². The maximum atomic E-state index is 11.5. The zero-order valence-corrected chi connectivity index (χ0v) is 9.06. The lowest BCUT2D eigenvalue weighted by Crippen LogP contribution is -2.44. The van der Waals surface area contributed by atoms with Gasteiger partial charge in [0.15, 0.2) is 0 Å². The third-order valence-corrected chi connectivity index (χ3v) is 1.91. The van der Waals surface area contributed by atoms with E-state index < -0.39 is 0 Å². The van der Waals surface area contributed by atoms with E-state index in [2.05, 4.69) is 19.2 Å². The molecule has 0 rings (SSSR count). The average Bonchev–Trinajstić information content (AvgIpc) is 1.82. The second-order valence-electron chi connectivity index (χ2n) is 4.77. The first kappa shape index (κ1) is 11.5. The topological polar surface area (TPSA) is 29.1 Å². The molecule has 2 heteroatoms. The Kier molecular flexibility index (Phi) is 3.75. The number of carbonyl (C=O) groups excluding carboxylic acids is 1. The van der Waals surface area contributed by atoms with Gasteiger partial charge in [0.2, 0.25) is 5.91 Å². The zero-order valence-electron chi connectivity index (χ0n) is 9.06. The van der Waals surface area contributed by atoms with Crippen molar-refractivity contribution in [3.63, 3.8) is 0 Å². The first-order valence-corrected chi connectivity index (χ1v) is 4.56. The lowest BCUT2D eigenvalue weighted by atomic mass is 9.96. The highest BCUT2D eigenvalue weighted by molar-refractivity contribution is 5.79. The van der Waals surface area contributed by atoms with Crippen LogP contribution in [0.4, 0.5) is 0 Å². The molecular weight excluding hydrogens is 150 g/mol. The van der Waals surface area contributed by atoms with Crippen molar-refractivity contribution in [1.82, 2.24) is 5.32 Å². The Hall–Kier alpha value is -0.530. The fraction of sp³-hybridized carbons (Fsp3) is 0.900. The van der Waals surface area contributed by atoms with Crippen molar-refractivity contribution < 1.29 is 4.79 Å². The largest absolute Gasteiger partial charge is 0.351 e. The quantitative estimate of drug-likeness (QED) is 0.678. The predicted molar refractivity (Wildman–Crippen MR) is 51.9 cm³/mol. The van der Waals surface area contributed by atoms with E-state index in [0.717, 1.165) is 0 Å². The van der Waals surface area contributed by atoms with Crippen LogP contribution >= 0.6 is 0 Å². The first-order chi connectivity index (χ1) is 5.24. The number of amides is 1. The van der Waals surface area contributed by atoms with Crippen LogP contribution in [-0.4, -0.2) is 11.4 Å². The molecule has 0 aliphatic rings. The second-order valence-corrected chi connectivity index (χ2v) is 4.77. The maximum absolute atomic E-state index is 11.5. The molecule has 0 aliphatic carbocycles. The van der Waals surface area contributed by atoms with Crippen LogP contribution in [0, 0.1) is 11.8 Å². The minimum Gasteiger partial charge on any atom is -0.351 e. The lowest BCUT2D eigenvalue weighted by molar-refractivity contribution is -0.127. The highest BCUT2D eigenvalue weighted by Crippen LogP contribution is 2.11. The van der Waals surface area contributed by atoms with E-state index in [1.165, 1.54) is 0 Å². The van der Waals surface area contributed by atoms with Crippen LogP contribution in [0.3, 0.4) is 0 Å². The predicted octanol–water partition coefficient (Wildman–Crippen LogP) is 2.19. The van der Waals surface area contributed by atoms with Gasteiger partial charge >= 0.3 is 0 Å². The molecule has 0 aromatic carbocycles. The van der Waals surface area contributed by atoms with Crippen LogP contribution in [0.2, 0.25) is 0 Å². The molecule has 0 aromatic heterocycles. The molecule has 2 nitrogen and oxygen atoms in total. The van der Waals surface area contributed by atoms with Crippen LogP contribution in [-0.2, 0) is 4.79 Å². The van der Waals surface area contributed by atoms with Gasteiger partial charge in [-0.25, -0.2) is 0 Å². The highest BCUT2D eigenvalue weighted by Gasteiger charge is 2.20. The molecule has 0 fully saturated rings. The van der Waals surface area contributed by atoms with Crippen molar-refractivity contribution in [1.29, 1.82) is 0 Å². The molecule has 0 saturated carbocycles. The van der Waals surface area contributed by atoms with E-state index in [-0.39, 0.29) is 17.4 Å². The van der Waals surface area contributed by atoms with Crippen LogP contribution in [0.5, 0.6) is 0 Å². The molecule has 0 aromatic rings. The third-order valence-electron chi connectivity index (χ3n) is 1.91. The molecule has 0 aliphatic heterocycles. The van der Waals surface area contributed by atoms with E-state index in [9.17, 15) is 4.79 Å². The summed E-state index contributed by atoms with van der Waals surface area (Å²) in [6.07, 6.45) is 0. The van der Waals surface area contributed by atoms with Crippen LogP contribution in [0.15, 0.2) is 0 Å². The Morgan fingerprint density at radius 1 is 1.17 bits per heavy atom. The normalized spacial score (nSPS) is 14.6. The summed E-state index contributed by atoms with van der Waals surface area (Å²) in [5.74, 6) is 0.661. The molecule has 1 atom stereocenters. The van der Waals surface area contributed by atoms with Crippen molar-refractivity contribution in [3.05, 3.63) is 0 Å². The Balaban J connectivity index is 4.05. The van der Waals surface area contributed by atoms with Crippen LogP contribution in [0.1, 0.15) is 41.5 Å². The summed E-state index contributed by atoms with van der Waals surface area (Å²) < 4.78 is 0. The van der Waals surface area contributed by atoms with Gasteiger partial charge in [0, 0.05) is 11.5 Å². The van der Waals surface area contributed by atoms with E-state index in [0.29, 0.717) is 5.92 Å². The van der Waals surface area contributed by atoms with Gasteiger partial charge in [0.1, 0.15) is 0 Å². The molecular formula is C10H21NO.